The molecule has 0 unspecified atom stereocenters. The van der Waals surface area contributed by atoms with Gasteiger partial charge in [-0.1, -0.05) is 97.1 Å². The summed E-state index contributed by atoms with van der Waals surface area (Å²) in [6.07, 6.45) is 3.38. The topological polar surface area (TPSA) is 75.1 Å². The number of carbonyl (C=O) groups is 1. The molecule has 1 aromatic heterocycles. The standard InChI is InChI=1S/C31H27N3O2/c35-21-23-10-15-26(16-11-23)29-20-32-31(28(33-29)17-13-22-6-2-1-3-7-22)34-30(36)19-24-12-14-25-8-4-5-9-27(25)18-24/h1-12,14-16,18,20,35H,13,17,19,21H2,(H,32,34,36). The monoisotopic (exact) mass is 473 g/mol. The van der Waals surface area contributed by atoms with Crippen molar-refractivity contribution in [2.45, 2.75) is 25.9 Å². The number of aryl methyl sites for hydroxylation is 2. The van der Waals surface area contributed by atoms with Gasteiger partial charge in [-0.05, 0) is 40.3 Å². The third-order valence-corrected chi connectivity index (χ3v) is 6.21. The van der Waals surface area contributed by atoms with Gasteiger partial charge in [-0.25, -0.2) is 9.97 Å². The van der Waals surface area contributed by atoms with E-state index in [1.165, 1.54) is 5.56 Å². The van der Waals surface area contributed by atoms with Gasteiger partial charge in [0.25, 0.3) is 0 Å². The van der Waals surface area contributed by atoms with E-state index in [1.54, 1.807) is 6.20 Å². The van der Waals surface area contributed by atoms with Gasteiger partial charge in [-0.15, -0.1) is 0 Å². The molecule has 0 aliphatic carbocycles. The van der Waals surface area contributed by atoms with Crippen LogP contribution in [0.4, 0.5) is 5.82 Å². The van der Waals surface area contributed by atoms with Gasteiger partial charge in [0, 0.05) is 5.56 Å². The summed E-state index contributed by atoms with van der Waals surface area (Å²) in [5.41, 5.74) is 5.38. The lowest BCUT2D eigenvalue weighted by atomic mass is 10.0. The van der Waals surface area contributed by atoms with Gasteiger partial charge in [0.05, 0.1) is 30.6 Å². The molecule has 5 aromatic rings. The Labute approximate surface area is 210 Å². The number of hydrogen-bond acceptors (Lipinski definition) is 4. The Hall–Kier alpha value is -4.35. The predicted molar refractivity (Wildman–Crippen MR) is 144 cm³/mol. The number of aliphatic hydroxyl groups excluding tert-OH is 1. The Morgan fingerprint density at radius 2 is 1.47 bits per heavy atom. The molecular weight excluding hydrogens is 446 g/mol. The number of rotatable bonds is 8. The lowest BCUT2D eigenvalue weighted by molar-refractivity contribution is -0.115. The number of anilines is 1. The molecule has 5 nitrogen and oxygen atoms in total. The molecule has 4 aromatic carbocycles. The summed E-state index contributed by atoms with van der Waals surface area (Å²) in [5, 5.41) is 14.6. The lowest BCUT2D eigenvalue weighted by Gasteiger charge is -2.12. The number of aromatic nitrogens is 2. The highest BCUT2D eigenvalue weighted by Gasteiger charge is 2.13. The van der Waals surface area contributed by atoms with Crippen LogP contribution in [0.25, 0.3) is 22.0 Å². The molecule has 0 aliphatic heterocycles. The van der Waals surface area contributed by atoms with E-state index in [0.717, 1.165) is 45.3 Å². The quantitative estimate of drug-likeness (QED) is 0.301. The number of carbonyl (C=O) groups excluding carboxylic acids is 1. The first-order valence-electron chi connectivity index (χ1n) is 12.1. The summed E-state index contributed by atoms with van der Waals surface area (Å²) >= 11 is 0. The molecule has 178 valence electrons. The number of nitrogens with one attached hydrogen (secondary N) is 1. The van der Waals surface area contributed by atoms with E-state index in [-0.39, 0.29) is 18.9 Å². The van der Waals surface area contributed by atoms with Crippen molar-refractivity contribution in [3.8, 4) is 11.3 Å². The Morgan fingerprint density at radius 3 is 2.25 bits per heavy atom. The third kappa shape index (κ3) is 5.65. The summed E-state index contributed by atoms with van der Waals surface area (Å²) in [7, 11) is 0. The van der Waals surface area contributed by atoms with Crippen molar-refractivity contribution in [3.05, 3.63) is 126 Å². The fraction of sp³-hybridized carbons (Fsp3) is 0.129. The zero-order chi connectivity index (χ0) is 24.7. The zero-order valence-corrected chi connectivity index (χ0v) is 19.9. The summed E-state index contributed by atoms with van der Waals surface area (Å²) < 4.78 is 0. The van der Waals surface area contributed by atoms with Crippen LogP contribution in [0.2, 0.25) is 0 Å². The first-order valence-corrected chi connectivity index (χ1v) is 12.1. The molecule has 1 amide bonds. The number of fused-ring (bicyclic) bond motifs is 1. The molecule has 5 heteroatoms. The van der Waals surface area contributed by atoms with Crippen LogP contribution in [0, 0.1) is 0 Å². The van der Waals surface area contributed by atoms with Crippen LogP contribution < -0.4 is 5.32 Å². The minimum Gasteiger partial charge on any atom is -0.392 e. The van der Waals surface area contributed by atoms with Crippen molar-refractivity contribution in [2.75, 3.05) is 5.32 Å². The van der Waals surface area contributed by atoms with Crippen LogP contribution in [0.1, 0.15) is 22.4 Å². The minimum absolute atomic E-state index is 0.00351. The van der Waals surface area contributed by atoms with Gasteiger partial charge >= 0.3 is 0 Å². The van der Waals surface area contributed by atoms with Crippen molar-refractivity contribution in [1.29, 1.82) is 0 Å². The van der Waals surface area contributed by atoms with Crippen LogP contribution in [0.3, 0.4) is 0 Å². The van der Waals surface area contributed by atoms with Crippen molar-refractivity contribution in [2.24, 2.45) is 0 Å². The number of aliphatic hydroxyl groups is 1. The second-order valence-corrected chi connectivity index (χ2v) is 8.80. The van der Waals surface area contributed by atoms with Crippen molar-refractivity contribution in [1.82, 2.24) is 9.97 Å². The van der Waals surface area contributed by atoms with Crippen LogP contribution in [-0.2, 0) is 30.7 Å². The molecule has 0 aliphatic rings. The number of benzene rings is 4. The average molecular weight is 474 g/mol. The first-order chi connectivity index (χ1) is 17.7. The van der Waals surface area contributed by atoms with Gasteiger partial charge in [-0.3, -0.25) is 4.79 Å². The van der Waals surface area contributed by atoms with Gasteiger partial charge in [0.15, 0.2) is 5.82 Å². The highest BCUT2D eigenvalue weighted by Crippen LogP contribution is 2.22. The van der Waals surface area contributed by atoms with Crippen LogP contribution in [-0.4, -0.2) is 21.0 Å². The Balaban J connectivity index is 1.38. The lowest BCUT2D eigenvalue weighted by Crippen LogP contribution is -2.17. The minimum atomic E-state index is -0.124. The Kier molecular flexibility index (Phi) is 7.10. The summed E-state index contributed by atoms with van der Waals surface area (Å²) in [6.45, 7) is -0.00351. The second-order valence-electron chi connectivity index (χ2n) is 8.80. The Morgan fingerprint density at radius 1 is 0.750 bits per heavy atom. The van der Waals surface area contributed by atoms with E-state index in [1.807, 2.05) is 66.7 Å². The van der Waals surface area contributed by atoms with E-state index >= 15 is 0 Å². The molecule has 0 radical (unpaired) electrons. The van der Waals surface area contributed by atoms with Gasteiger partial charge in [0.2, 0.25) is 5.91 Å². The van der Waals surface area contributed by atoms with Crippen molar-refractivity contribution in [3.63, 3.8) is 0 Å². The van der Waals surface area contributed by atoms with Crippen LogP contribution in [0.5, 0.6) is 0 Å². The molecule has 0 spiro atoms. The molecule has 1 heterocycles. The molecule has 36 heavy (non-hydrogen) atoms. The predicted octanol–water partition coefficient (Wildman–Crippen LogP) is 5.76. The van der Waals surface area contributed by atoms with Crippen LogP contribution >= 0.6 is 0 Å². The highest BCUT2D eigenvalue weighted by atomic mass is 16.3. The van der Waals surface area contributed by atoms with E-state index in [9.17, 15) is 9.90 Å². The van der Waals surface area contributed by atoms with Gasteiger partial charge in [0.1, 0.15) is 0 Å². The molecule has 5 rings (SSSR count). The summed E-state index contributed by atoms with van der Waals surface area (Å²) in [5.74, 6) is 0.369. The number of hydrogen-bond donors (Lipinski definition) is 2. The normalized spacial score (nSPS) is 10.9. The maximum absolute atomic E-state index is 13.0. The Bertz CT molecular complexity index is 1480. The summed E-state index contributed by atoms with van der Waals surface area (Å²) in [4.78, 5) is 22.4. The molecule has 0 fully saturated rings. The largest absolute Gasteiger partial charge is 0.392 e. The van der Waals surface area contributed by atoms with Crippen molar-refractivity contribution >= 4 is 22.5 Å². The molecule has 2 N–H and O–H groups in total. The van der Waals surface area contributed by atoms with Gasteiger partial charge < -0.3 is 10.4 Å². The smallest absolute Gasteiger partial charge is 0.229 e. The van der Waals surface area contributed by atoms with Crippen molar-refractivity contribution < 1.29 is 9.90 Å². The van der Waals surface area contributed by atoms with E-state index in [4.69, 9.17) is 4.98 Å². The average Bonchev–Trinajstić information content (AvgIpc) is 2.93. The van der Waals surface area contributed by atoms with Gasteiger partial charge in [-0.2, -0.15) is 0 Å². The highest BCUT2D eigenvalue weighted by molar-refractivity contribution is 5.93. The third-order valence-electron chi connectivity index (χ3n) is 6.21. The zero-order valence-electron chi connectivity index (χ0n) is 19.9. The number of nitrogens with zero attached hydrogens (tertiary/aromatic N) is 2. The fourth-order valence-electron chi connectivity index (χ4n) is 4.24. The van der Waals surface area contributed by atoms with E-state index in [0.29, 0.717) is 12.2 Å². The maximum Gasteiger partial charge on any atom is 0.229 e. The second kappa shape index (κ2) is 10.9. The van der Waals surface area contributed by atoms with Crippen LogP contribution in [0.15, 0.2) is 103 Å². The summed E-state index contributed by atoms with van der Waals surface area (Å²) in [6, 6.07) is 32.0. The molecule has 0 saturated carbocycles. The molecule has 0 bridgehead atoms. The first kappa shape index (κ1) is 23.4. The molecule has 0 saturated heterocycles. The van der Waals surface area contributed by atoms with E-state index in [2.05, 4.69) is 40.6 Å². The SMILES string of the molecule is O=C(Cc1ccc2ccccc2c1)Nc1ncc(-c2ccc(CO)cc2)nc1CCc1ccccc1. The van der Waals surface area contributed by atoms with E-state index < -0.39 is 0 Å². The number of amides is 1. The fourth-order valence-corrected chi connectivity index (χ4v) is 4.24. The molecular formula is C31H27N3O2. The molecule has 0 atom stereocenters. The maximum atomic E-state index is 13.0.